The van der Waals surface area contributed by atoms with Crippen molar-refractivity contribution in [1.82, 2.24) is 10.2 Å². The van der Waals surface area contributed by atoms with Crippen LogP contribution < -0.4 is 4.74 Å². The molecule has 2 rings (SSSR count). The van der Waals surface area contributed by atoms with Gasteiger partial charge in [0.1, 0.15) is 11.7 Å². The number of hydrogen-bond donors (Lipinski definition) is 1. The van der Waals surface area contributed by atoms with Crippen LogP contribution in [0, 0.1) is 0 Å². The lowest BCUT2D eigenvalue weighted by Crippen LogP contribution is -2.20. The van der Waals surface area contributed by atoms with E-state index in [1.165, 1.54) is 12.8 Å². The average Bonchev–Trinajstić information content (AvgIpc) is 2.74. The molecule has 1 saturated carbocycles. The molecule has 1 N–H and O–H groups in total. The SMILES string of the molecule is CCc1nnc(OC2CCCCCC2)c(C(=O)O)c1CC. The maximum Gasteiger partial charge on any atom is 0.341 e. The molecule has 1 aliphatic carbocycles. The molecule has 0 aliphatic heterocycles. The molecular weight excluding hydrogens is 268 g/mol. The minimum atomic E-state index is -0.972. The van der Waals surface area contributed by atoms with Gasteiger partial charge in [-0.3, -0.25) is 0 Å². The van der Waals surface area contributed by atoms with Crippen LogP contribution in [0.3, 0.4) is 0 Å². The summed E-state index contributed by atoms with van der Waals surface area (Å²) in [5.74, 6) is -0.775. The van der Waals surface area contributed by atoms with Crippen LogP contribution >= 0.6 is 0 Å². The number of carbonyl (C=O) groups is 1. The molecule has 21 heavy (non-hydrogen) atoms. The van der Waals surface area contributed by atoms with E-state index in [2.05, 4.69) is 10.2 Å². The normalized spacial score (nSPS) is 16.5. The second-order valence-electron chi connectivity index (χ2n) is 5.55. The number of ether oxygens (including phenoxy) is 1. The zero-order valence-corrected chi connectivity index (χ0v) is 12.9. The Morgan fingerprint density at radius 2 is 1.81 bits per heavy atom. The molecule has 1 fully saturated rings. The van der Waals surface area contributed by atoms with Gasteiger partial charge < -0.3 is 9.84 Å². The largest absolute Gasteiger partial charge is 0.477 e. The smallest absolute Gasteiger partial charge is 0.341 e. The predicted octanol–water partition coefficient (Wildman–Crippen LogP) is 3.40. The van der Waals surface area contributed by atoms with Gasteiger partial charge in [-0.15, -0.1) is 5.10 Å². The van der Waals surface area contributed by atoms with Crippen LogP contribution in [0.4, 0.5) is 0 Å². The summed E-state index contributed by atoms with van der Waals surface area (Å²) in [4.78, 5) is 11.6. The maximum atomic E-state index is 11.6. The van der Waals surface area contributed by atoms with Gasteiger partial charge in [0.2, 0.25) is 5.88 Å². The zero-order valence-electron chi connectivity index (χ0n) is 12.9. The number of carboxylic acids is 1. The monoisotopic (exact) mass is 292 g/mol. The molecule has 1 aromatic heterocycles. The van der Waals surface area contributed by atoms with Crippen molar-refractivity contribution in [2.45, 2.75) is 71.3 Å². The number of rotatable bonds is 5. The van der Waals surface area contributed by atoms with Gasteiger partial charge in [-0.1, -0.05) is 26.7 Å². The van der Waals surface area contributed by atoms with Crippen molar-refractivity contribution in [1.29, 1.82) is 0 Å². The third kappa shape index (κ3) is 3.71. The van der Waals surface area contributed by atoms with E-state index < -0.39 is 5.97 Å². The van der Waals surface area contributed by atoms with Crippen LogP contribution in [0.15, 0.2) is 0 Å². The molecule has 0 saturated heterocycles. The van der Waals surface area contributed by atoms with Crippen LogP contribution in [0.2, 0.25) is 0 Å². The number of aromatic nitrogens is 2. The first kappa shape index (κ1) is 15.7. The molecule has 0 radical (unpaired) electrons. The third-order valence-corrected chi connectivity index (χ3v) is 4.11. The molecule has 0 bridgehead atoms. The van der Waals surface area contributed by atoms with Crippen molar-refractivity contribution < 1.29 is 14.6 Å². The van der Waals surface area contributed by atoms with E-state index in [0.29, 0.717) is 12.8 Å². The van der Waals surface area contributed by atoms with E-state index in [1.54, 1.807) is 0 Å². The van der Waals surface area contributed by atoms with E-state index >= 15 is 0 Å². The van der Waals surface area contributed by atoms with Crippen molar-refractivity contribution in [3.8, 4) is 5.88 Å². The van der Waals surface area contributed by atoms with Gasteiger partial charge in [0, 0.05) is 0 Å². The third-order valence-electron chi connectivity index (χ3n) is 4.11. The van der Waals surface area contributed by atoms with Crippen LogP contribution in [0.25, 0.3) is 0 Å². The summed E-state index contributed by atoms with van der Waals surface area (Å²) in [6.45, 7) is 3.90. The Morgan fingerprint density at radius 3 is 2.33 bits per heavy atom. The number of aryl methyl sites for hydroxylation is 1. The number of nitrogens with zero attached hydrogens (tertiary/aromatic N) is 2. The Hall–Kier alpha value is -1.65. The van der Waals surface area contributed by atoms with Crippen molar-refractivity contribution in [3.63, 3.8) is 0 Å². The van der Waals surface area contributed by atoms with Crippen LogP contribution in [-0.2, 0) is 12.8 Å². The summed E-state index contributed by atoms with van der Waals surface area (Å²) < 4.78 is 5.92. The second-order valence-corrected chi connectivity index (χ2v) is 5.55. The number of hydrogen-bond acceptors (Lipinski definition) is 4. The van der Waals surface area contributed by atoms with Gasteiger partial charge in [0.05, 0.1) is 5.69 Å². The van der Waals surface area contributed by atoms with Gasteiger partial charge in [0.15, 0.2) is 0 Å². The lowest BCUT2D eigenvalue weighted by molar-refractivity contribution is 0.0683. The highest BCUT2D eigenvalue weighted by molar-refractivity contribution is 5.92. The first-order chi connectivity index (χ1) is 10.2. The highest BCUT2D eigenvalue weighted by Crippen LogP contribution is 2.27. The average molecular weight is 292 g/mol. The quantitative estimate of drug-likeness (QED) is 0.842. The van der Waals surface area contributed by atoms with Crippen molar-refractivity contribution >= 4 is 5.97 Å². The van der Waals surface area contributed by atoms with Gasteiger partial charge in [-0.2, -0.15) is 5.10 Å². The number of carboxylic acid groups (broad SMARTS) is 1. The summed E-state index contributed by atoms with van der Waals surface area (Å²) >= 11 is 0. The van der Waals surface area contributed by atoms with Crippen molar-refractivity contribution in [3.05, 3.63) is 16.8 Å². The minimum absolute atomic E-state index is 0.0667. The summed E-state index contributed by atoms with van der Waals surface area (Å²) in [5.41, 5.74) is 1.71. The van der Waals surface area contributed by atoms with Crippen molar-refractivity contribution in [2.75, 3.05) is 0 Å². The van der Waals surface area contributed by atoms with E-state index in [4.69, 9.17) is 4.74 Å². The Bertz CT molecular complexity index is 495. The molecule has 0 unspecified atom stereocenters. The molecule has 1 aromatic rings. The Balaban J connectivity index is 2.31. The second kappa shape index (κ2) is 7.38. The summed E-state index contributed by atoms with van der Waals surface area (Å²) in [6, 6.07) is 0. The molecule has 0 atom stereocenters. The molecular formula is C16H24N2O3. The fourth-order valence-electron chi connectivity index (χ4n) is 2.98. The van der Waals surface area contributed by atoms with Gasteiger partial charge in [0.25, 0.3) is 0 Å². The Morgan fingerprint density at radius 1 is 1.14 bits per heavy atom. The van der Waals surface area contributed by atoms with E-state index in [9.17, 15) is 9.90 Å². The maximum absolute atomic E-state index is 11.6. The predicted molar refractivity (Wildman–Crippen MR) is 79.9 cm³/mol. The lowest BCUT2D eigenvalue weighted by atomic mass is 10.0. The first-order valence-electron chi connectivity index (χ1n) is 7.95. The van der Waals surface area contributed by atoms with Crippen molar-refractivity contribution in [2.24, 2.45) is 0 Å². The highest BCUT2D eigenvalue weighted by Gasteiger charge is 2.24. The molecule has 1 aliphatic rings. The molecule has 0 aromatic carbocycles. The molecule has 5 nitrogen and oxygen atoms in total. The highest BCUT2D eigenvalue weighted by atomic mass is 16.5. The molecule has 0 spiro atoms. The lowest BCUT2D eigenvalue weighted by Gasteiger charge is -2.19. The Labute approximate surface area is 125 Å². The number of aromatic carboxylic acids is 1. The molecule has 5 heteroatoms. The van der Waals surface area contributed by atoms with Gasteiger partial charge in [-0.05, 0) is 44.1 Å². The molecule has 116 valence electrons. The molecule has 0 amide bonds. The van der Waals surface area contributed by atoms with E-state index in [1.807, 2.05) is 13.8 Å². The fraction of sp³-hybridized carbons (Fsp3) is 0.688. The molecule has 1 heterocycles. The topological polar surface area (TPSA) is 72.3 Å². The van der Waals surface area contributed by atoms with Gasteiger partial charge >= 0.3 is 5.97 Å². The first-order valence-corrected chi connectivity index (χ1v) is 7.95. The minimum Gasteiger partial charge on any atom is -0.477 e. The summed E-state index contributed by atoms with van der Waals surface area (Å²) in [6.07, 6.45) is 8.04. The van der Waals surface area contributed by atoms with E-state index in [0.717, 1.165) is 36.9 Å². The van der Waals surface area contributed by atoms with Crippen LogP contribution in [0.1, 0.15) is 74.0 Å². The van der Waals surface area contributed by atoms with Crippen LogP contribution in [-0.4, -0.2) is 27.4 Å². The van der Waals surface area contributed by atoms with E-state index in [-0.39, 0.29) is 17.5 Å². The van der Waals surface area contributed by atoms with Gasteiger partial charge in [-0.25, -0.2) is 4.79 Å². The van der Waals surface area contributed by atoms with Crippen LogP contribution in [0.5, 0.6) is 5.88 Å². The Kier molecular flexibility index (Phi) is 5.53. The summed E-state index contributed by atoms with van der Waals surface area (Å²) in [7, 11) is 0. The zero-order chi connectivity index (χ0) is 15.2. The summed E-state index contributed by atoms with van der Waals surface area (Å²) in [5, 5.41) is 17.7. The fourth-order valence-corrected chi connectivity index (χ4v) is 2.98. The standard InChI is InChI=1S/C16H24N2O3/c1-3-12-13(4-2)17-18-15(14(12)16(19)20)21-11-9-7-5-6-8-10-11/h11H,3-10H2,1-2H3,(H,19,20).